The molecule has 0 spiro atoms. The van der Waals surface area contributed by atoms with E-state index in [2.05, 4.69) is 4.98 Å². The summed E-state index contributed by atoms with van der Waals surface area (Å²) in [6.45, 7) is 1.24. The molecule has 0 saturated carbocycles. The SMILES string of the molecule is CC(=O)C(F)(c1ccccc1)c1ccccn1. The molecule has 0 amide bonds. The molecule has 0 aliphatic rings. The highest BCUT2D eigenvalue weighted by atomic mass is 19.1. The largest absolute Gasteiger partial charge is 0.296 e. The summed E-state index contributed by atoms with van der Waals surface area (Å²) >= 11 is 0. The molecule has 0 aliphatic carbocycles. The van der Waals surface area contributed by atoms with E-state index in [1.54, 1.807) is 42.5 Å². The van der Waals surface area contributed by atoms with Crippen LogP contribution in [-0.2, 0) is 10.5 Å². The first kappa shape index (κ1) is 11.5. The Kier molecular flexibility index (Phi) is 3.00. The lowest BCUT2D eigenvalue weighted by molar-refractivity contribution is -0.126. The number of benzene rings is 1. The molecule has 1 aromatic carbocycles. The summed E-state index contributed by atoms with van der Waals surface area (Å²) in [5.41, 5.74) is -1.73. The van der Waals surface area contributed by atoms with Gasteiger partial charge in [-0.3, -0.25) is 9.78 Å². The topological polar surface area (TPSA) is 30.0 Å². The predicted molar refractivity (Wildman–Crippen MR) is 63.2 cm³/mol. The fraction of sp³-hybridized carbons (Fsp3) is 0.143. The number of Topliss-reactive ketones (excluding diaryl/α,β-unsaturated/α-hetero) is 1. The third-order valence-corrected chi connectivity index (χ3v) is 2.67. The highest BCUT2D eigenvalue weighted by Crippen LogP contribution is 2.33. The predicted octanol–water partition coefficient (Wildman–Crippen LogP) is 2.88. The van der Waals surface area contributed by atoms with Crippen LogP contribution in [0.3, 0.4) is 0 Å². The van der Waals surface area contributed by atoms with Gasteiger partial charge in [0.1, 0.15) is 0 Å². The number of pyridine rings is 1. The van der Waals surface area contributed by atoms with Gasteiger partial charge < -0.3 is 0 Å². The lowest BCUT2D eigenvalue weighted by Crippen LogP contribution is -2.31. The summed E-state index contributed by atoms with van der Waals surface area (Å²) in [7, 11) is 0. The average molecular weight is 229 g/mol. The standard InChI is InChI=1S/C14H12FNO/c1-11(17)14(15,12-7-3-2-4-8-12)13-9-5-6-10-16-13/h2-10H,1H3. The van der Waals surface area contributed by atoms with Crippen LogP contribution in [0.25, 0.3) is 0 Å². The average Bonchev–Trinajstić information content (AvgIpc) is 2.39. The molecule has 2 aromatic rings. The van der Waals surface area contributed by atoms with Gasteiger partial charge in [-0.25, -0.2) is 4.39 Å². The summed E-state index contributed by atoms with van der Waals surface area (Å²) in [4.78, 5) is 15.6. The molecular weight excluding hydrogens is 217 g/mol. The number of nitrogens with zero attached hydrogens (tertiary/aromatic N) is 1. The Bertz CT molecular complexity index is 471. The third kappa shape index (κ3) is 1.96. The van der Waals surface area contributed by atoms with Crippen LogP contribution in [0.1, 0.15) is 18.2 Å². The van der Waals surface area contributed by atoms with Crippen LogP contribution in [0.2, 0.25) is 0 Å². The van der Waals surface area contributed by atoms with E-state index in [0.717, 1.165) is 0 Å². The molecule has 0 radical (unpaired) electrons. The molecule has 0 bridgehead atoms. The fourth-order valence-corrected chi connectivity index (χ4v) is 1.77. The molecular formula is C14H12FNO. The van der Waals surface area contributed by atoms with E-state index >= 15 is 0 Å². The summed E-state index contributed by atoms with van der Waals surface area (Å²) in [6, 6.07) is 13.3. The van der Waals surface area contributed by atoms with Crippen molar-refractivity contribution in [1.29, 1.82) is 0 Å². The van der Waals surface area contributed by atoms with E-state index in [0.29, 0.717) is 5.56 Å². The summed E-state index contributed by atoms with van der Waals surface area (Å²) < 4.78 is 15.0. The van der Waals surface area contributed by atoms with Crippen LogP contribution in [0, 0.1) is 0 Å². The van der Waals surface area contributed by atoms with Gasteiger partial charge in [-0.2, -0.15) is 0 Å². The van der Waals surface area contributed by atoms with Crippen molar-refractivity contribution in [2.45, 2.75) is 12.6 Å². The maximum atomic E-state index is 15.0. The summed E-state index contributed by atoms with van der Waals surface area (Å²) in [5, 5.41) is 0. The van der Waals surface area contributed by atoms with Crippen molar-refractivity contribution < 1.29 is 9.18 Å². The number of hydrogen-bond acceptors (Lipinski definition) is 2. The number of hydrogen-bond donors (Lipinski definition) is 0. The van der Waals surface area contributed by atoms with Crippen LogP contribution in [-0.4, -0.2) is 10.8 Å². The Hall–Kier alpha value is -2.03. The number of carbonyl (C=O) groups is 1. The second kappa shape index (κ2) is 4.45. The van der Waals surface area contributed by atoms with Crippen LogP contribution in [0.5, 0.6) is 0 Å². The molecule has 0 N–H and O–H groups in total. The number of aromatic nitrogens is 1. The number of carbonyl (C=O) groups excluding carboxylic acids is 1. The Labute approximate surface area is 99.1 Å². The van der Waals surface area contributed by atoms with E-state index in [9.17, 15) is 9.18 Å². The molecule has 2 nitrogen and oxygen atoms in total. The maximum Gasteiger partial charge on any atom is 0.235 e. The minimum atomic E-state index is -2.16. The minimum absolute atomic E-state index is 0.124. The van der Waals surface area contributed by atoms with Gasteiger partial charge in [-0.1, -0.05) is 36.4 Å². The maximum absolute atomic E-state index is 15.0. The Morgan fingerprint density at radius 1 is 1.12 bits per heavy atom. The zero-order chi connectivity index (χ0) is 12.3. The smallest absolute Gasteiger partial charge is 0.235 e. The minimum Gasteiger partial charge on any atom is -0.296 e. The molecule has 1 unspecified atom stereocenters. The number of ketones is 1. The Morgan fingerprint density at radius 2 is 1.76 bits per heavy atom. The highest BCUT2D eigenvalue weighted by Gasteiger charge is 2.40. The van der Waals surface area contributed by atoms with Gasteiger partial charge in [0.25, 0.3) is 0 Å². The first-order chi connectivity index (χ1) is 8.15. The normalized spacial score (nSPS) is 14.0. The second-order valence-electron chi connectivity index (χ2n) is 3.80. The molecule has 0 fully saturated rings. The molecule has 0 aliphatic heterocycles. The van der Waals surface area contributed by atoms with Gasteiger partial charge in [0.05, 0.1) is 5.69 Å². The van der Waals surface area contributed by atoms with Gasteiger partial charge in [0.15, 0.2) is 5.78 Å². The molecule has 86 valence electrons. The third-order valence-electron chi connectivity index (χ3n) is 2.67. The van der Waals surface area contributed by atoms with E-state index in [4.69, 9.17) is 0 Å². The van der Waals surface area contributed by atoms with Crippen molar-refractivity contribution in [2.75, 3.05) is 0 Å². The van der Waals surface area contributed by atoms with Gasteiger partial charge in [0, 0.05) is 11.8 Å². The van der Waals surface area contributed by atoms with Crippen LogP contribution < -0.4 is 0 Å². The number of alkyl halides is 1. The number of rotatable bonds is 3. The van der Waals surface area contributed by atoms with Crippen molar-refractivity contribution in [3.8, 4) is 0 Å². The molecule has 0 saturated heterocycles. The van der Waals surface area contributed by atoms with E-state index < -0.39 is 11.5 Å². The van der Waals surface area contributed by atoms with Crippen LogP contribution in [0.4, 0.5) is 4.39 Å². The first-order valence-electron chi connectivity index (χ1n) is 5.32. The highest BCUT2D eigenvalue weighted by molar-refractivity contribution is 5.89. The van der Waals surface area contributed by atoms with E-state index in [1.807, 2.05) is 0 Å². The van der Waals surface area contributed by atoms with Crippen molar-refractivity contribution in [2.24, 2.45) is 0 Å². The van der Waals surface area contributed by atoms with Crippen LogP contribution in [0.15, 0.2) is 54.7 Å². The molecule has 2 rings (SSSR count). The van der Waals surface area contributed by atoms with Gasteiger partial charge in [-0.05, 0) is 19.1 Å². The monoisotopic (exact) mass is 229 g/mol. The Morgan fingerprint density at radius 3 is 2.29 bits per heavy atom. The molecule has 1 atom stereocenters. The number of halogens is 1. The van der Waals surface area contributed by atoms with Gasteiger partial charge in [0.2, 0.25) is 5.67 Å². The van der Waals surface area contributed by atoms with Crippen molar-refractivity contribution in [1.82, 2.24) is 4.98 Å². The molecule has 1 heterocycles. The molecule has 1 aromatic heterocycles. The molecule has 17 heavy (non-hydrogen) atoms. The van der Waals surface area contributed by atoms with E-state index in [-0.39, 0.29) is 5.69 Å². The van der Waals surface area contributed by atoms with Crippen molar-refractivity contribution in [3.05, 3.63) is 66.0 Å². The van der Waals surface area contributed by atoms with Crippen molar-refractivity contribution >= 4 is 5.78 Å². The first-order valence-corrected chi connectivity index (χ1v) is 5.32. The molecule has 3 heteroatoms. The zero-order valence-electron chi connectivity index (χ0n) is 9.43. The van der Waals surface area contributed by atoms with Gasteiger partial charge in [-0.15, -0.1) is 0 Å². The lowest BCUT2D eigenvalue weighted by Gasteiger charge is -2.22. The zero-order valence-corrected chi connectivity index (χ0v) is 9.43. The summed E-state index contributed by atoms with van der Waals surface area (Å²) in [5.74, 6) is -0.567. The quantitative estimate of drug-likeness (QED) is 0.810. The van der Waals surface area contributed by atoms with Crippen molar-refractivity contribution in [3.63, 3.8) is 0 Å². The van der Waals surface area contributed by atoms with Gasteiger partial charge >= 0.3 is 0 Å². The Balaban J connectivity index is 2.59. The summed E-state index contributed by atoms with van der Waals surface area (Å²) in [6.07, 6.45) is 1.48. The fourth-order valence-electron chi connectivity index (χ4n) is 1.77. The lowest BCUT2D eigenvalue weighted by atomic mass is 9.88. The second-order valence-corrected chi connectivity index (χ2v) is 3.80. The van der Waals surface area contributed by atoms with Crippen LogP contribution >= 0.6 is 0 Å². The van der Waals surface area contributed by atoms with E-state index in [1.165, 1.54) is 19.2 Å².